The third kappa shape index (κ3) is 4.64. The van der Waals surface area contributed by atoms with E-state index in [4.69, 9.17) is 9.63 Å². The zero-order valence-corrected chi connectivity index (χ0v) is 11.4. The van der Waals surface area contributed by atoms with Crippen LogP contribution in [-0.2, 0) is 17.8 Å². The molecule has 0 spiro atoms. The number of aromatic nitrogens is 1. The lowest BCUT2D eigenvalue weighted by Gasteiger charge is -2.07. The van der Waals surface area contributed by atoms with E-state index in [1.807, 2.05) is 0 Å². The number of aliphatic carboxylic acids is 1. The van der Waals surface area contributed by atoms with Gasteiger partial charge < -0.3 is 20.3 Å². The van der Waals surface area contributed by atoms with Crippen LogP contribution in [-0.4, -0.2) is 22.3 Å². The highest BCUT2D eigenvalue weighted by Gasteiger charge is 2.06. The van der Waals surface area contributed by atoms with Gasteiger partial charge in [-0.15, -0.1) is 0 Å². The summed E-state index contributed by atoms with van der Waals surface area (Å²) in [7, 11) is 0. The zero-order valence-electron chi connectivity index (χ0n) is 11.4. The molecule has 0 fully saturated rings. The number of aryl methyl sites for hydroxylation is 1. The quantitative estimate of drug-likeness (QED) is 0.780. The van der Waals surface area contributed by atoms with Crippen molar-refractivity contribution in [1.82, 2.24) is 10.5 Å². The third-order valence-corrected chi connectivity index (χ3v) is 2.64. The molecule has 0 saturated heterocycles. The van der Waals surface area contributed by atoms with E-state index in [0.717, 1.165) is 5.69 Å². The first-order chi connectivity index (χ1) is 10.0. The summed E-state index contributed by atoms with van der Waals surface area (Å²) >= 11 is 0. The van der Waals surface area contributed by atoms with E-state index in [2.05, 4.69) is 15.8 Å². The molecular formula is C14H15N3O4. The summed E-state index contributed by atoms with van der Waals surface area (Å²) in [5.41, 5.74) is 1.89. The molecule has 1 heterocycles. The van der Waals surface area contributed by atoms with Gasteiger partial charge in [-0.2, -0.15) is 0 Å². The van der Waals surface area contributed by atoms with Gasteiger partial charge in [-0.05, 0) is 24.6 Å². The molecule has 110 valence electrons. The van der Waals surface area contributed by atoms with Crippen molar-refractivity contribution in [2.45, 2.75) is 19.9 Å². The number of amides is 2. The van der Waals surface area contributed by atoms with Crippen molar-refractivity contribution in [1.29, 1.82) is 0 Å². The summed E-state index contributed by atoms with van der Waals surface area (Å²) in [6.45, 7) is 2.02. The molecule has 21 heavy (non-hydrogen) atoms. The van der Waals surface area contributed by atoms with Gasteiger partial charge in [-0.1, -0.05) is 17.3 Å². The van der Waals surface area contributed by atoms with Gasteiger partial charge in [-0.25, -0.2) is 4.79 Å². The molecule has 1 aromatic heterocycles. The second-order valence-corrected chi connectivity index (χ2v) is 4.51. The first kappa shape index (κ1) is 14.6. The number of anilines is 1. The lowest BCUT2D eigenvalue weighted by Crippen LogP contribution is -2.28. The van der Waals surface area contributed by atoms with Crippen LogP contribution in [0.25, 0.3) is 0 Å². The van der Waals surface area contributed by atoms with Crippen molar-refractivity contribution in [2.75, 3.05) is 5.32 Å². The van der Waals surface area contributed by atoms with Crippen molar-refractivity contribution < 1.29 is 19.2 Å². The van der Waals surface area contributed by atoms with Crippen LogP contribution in [0.2, 0.25) is 0 Å². The maximum absolute atomic E-state index is 11.7. The summed E-state index contributed by atoms with van der Waals surface area (Å²) in [4.78, 5) is 22.4. The number of carbonyl (C=O) groups is 2. The van der Waals surface area contributed by atoms with Crippen molar-refractivity contribution in [3.05, 3.63) is 47.3 Å². The van der Waals surface area contributed by atoms with Gasteiger partial charge in [0.15, 0.2) is 5.76 Å². The molecule has 0 aliphatic heterocycles. The Kier molecular flexibility index (Phi) is 4.55. The second kappa shape index (κ2) is 6.56. The highest BCUT2D eigenvalue weighted by molar-refractivity contribution is 5.89. The monoisotopic (exact) mass is 289 g/mol. The van der Waals surface area contributed by atoms with E-state index in [9.17, 15) is 9.59 Å². The number of carbonyl (C=O) groups excluding carboxylic acids is 1. The molecule has 0 aliphatic carbocycles. The van der Waals surface area contributed by atoms with E-state index >= 15 is 0 Å². The molecule has 2 rings (SSSR count). The molecule has 2 amide bonds. The predicted octanol–water partition coefficient (Wildman–Crippen LogP) is 1.93. The van der Waals surface area contributed by atoms with Gasteiger partial charge in [0.2, 0.25) is 0 Å². The van der Waals surface area contributed by atoms with Gasteiger partial charge >= 0.3 is 12.0 Å². The molecule has 0 saturated carbocycles. The number of carboxylic acids is 1. The first-order valence-electron chi connectivity index (χ1n) is 6.31. The summed E-state index contributed by atoms with van der Waals surface area (Å²) < 4.78 is 4.97. The molecule has 2 aromatic rings. The van der Waals surface area contributed by atoms with E-state index in [1.165, 1.54) is 0 Å². The summed E-state index contributed by atoms with van der Waals surface area (Å²) in [5, 5.41) is 17.7. The molecule has 0 bridgehead atoms. The van der Waals surface area contributed by atoms with Crippen LogP contribution in [0.15, 0.2) is 34.9 Å². The summed E-state index contributed by atoms with van der Waals surface area (Å²) in [6.07, 6.45) is -0.0888. The number of hydrogen-bond donors (Lipinski definition) is 3. The molecule has 7 nitrogen and oxygen atoms in total. The van der Waals surface area contributed by atoms with Crippen LogP contribution in [0, 0.1) is 6.92 Å². The number of urea groups is 1. The maximum Gasteiger partial charge on any atom is 0.319 e. The van der Waals surface area contributed by atoms with Crippen molar-refractivity contribution in [2.24, 2.45) is 0 Å². The van der Waals surface area contributed by atoms with E-state index in [0.29, 0.717) is 17.0 Å². The predicted molar refractivity (Wildman–Crippen MR) is 74.9 cm³/mol. The fourth-order valence-electron chi connectivity index (χ4n) is 1.78. The van der Waals surface area contributed by atoms with Crippen LogP contribution in [0.3, 0.4) is 0 Å². The average Bonchev–Trinajstić information content (AvgIpc) is 2.82. The molecular weight excluding hydrogens is 274 g/mol. The van der Waals surface area contributed by atoms with Gasteiger partial charge in [-0.3, -0.25) is 4.79 Å². The number of benzene rings is 1. The number of hydrogen-bond acceptors (Lipinski definition) is 4. The molecule has 0 aliphatic rings. The largest absolute Gasteiger partial charge is 0.481 e. The molecule has 1 aromatic carbocycles. The van der Waals surface area contributed by atoms with Crippen LogP contribution in [0.5, 0.6) is 0 Å². The fraction of sp³-hybridized carbons (Fsp3) is 0.214. The minimum Gasteiger partial charge on any atom is -0.481 e. The second-order valence-electron chi connectivity index (χ2n) is 4.51. The zero-order chi connectivity index (χ0) is 15.2. The first-order valence-corrected chi connectivity index (χ1v) is 6.31. The highest BCUT2D eigenvalue weighted by atomic mass is 16.5. The Morgan fingerprint density at radius 3 is 2.81 bits per heavy atom. The van der Waals surface area contributed by atoms with Crippen LogP contribution >= 0.6 is 0 Å². The van der Waals surface area contributed by atoms with Crippen molar-refractivity contribution >= 4 is 17.7 Å². The standard InChI is InChI=1S/C14H15N3O4/c1-9-5-12(21-17-9)8-15-14(20)16-11-4-2-3-10(6-11)7-13(18)19/h2-6H,7-8H2,1H3,(H,18,19)(H2,15,16,20). The maximum atomic E-state index is 11.7. The van der Waals surface area contributed by atoms with Gasteiger partial charge in [0, 0.05) is 11.8 Å². The normalized spacial score (nSPS) is 10.1. The van der Waals surface area contributed by atoms with Crippen LogP contribution < -0.4 is 10.6 Å². The van der Waals surface area contributed by atoms with Gasteiger partial charge in [0.25, 0.3) is 0 Å². The smallest absolute Gasteiger partial charge is 0.319 e. The van der Waals surface area contributed by atoms with Crippen molar-refractivity contribution in [3.8, 4) is 0 Å². The fourth-order valence-corrected chi connectivity index (χ4v) is 1.78. The molecule has 3 N–H and O–H groups in total. The van der Waals surface area contributed by atoms with Crippen LogP contribution in [0.1, 0.15) is 17.0 Å². The topological polar surface area (TPSA) is 104 Å². The molecule has 7 heteroatoms. The Hall–Kier alpha value is -2.83. The van der Waals surface area contributed by atoms with E-state index in [1.54, 1.807) is 37.3 Å². The minimum absolute atomic E-state index is 0.0888. The summed E-state index contributed by atoms with van der Waals surface area (Å²) in [5.74, 6) is -0.362. The van der Waals surface area contributed by atoms with Crippen LogP contribution in [0.4, 0.5) is 10.5 Å². The molecule has 0 atom stereocenters. The Balaban J connectivity index is 1.88. The van der Waals surface area contributed by atoms with Crippen molar-refractivity contribution in [3.63, 3.8) is 0 Å². The average molecular weight is 289 g/mol. The number of rotatable bonds is 5. The summed E-state index contributed by atoms with van der Waals surface area (Å²) in [6, 6.07) is 8.00. The Bertz CT molecular complexity index is 651. The third-order valence-electron chi connectivity index (χ3n) is 2.64. The van der Waals surface area contributed by atoms with E-state index in [-0.39, 0.29) is 13.0 Å². The molecule has 0 unspecified atom stereocenters. The number of nitrogens with one attached hydrogen (secondary N) is 2. The molecule has 0 radical (unpaired) electrons. The highest BCUT2D eigenvalue weighted by Crippen LogP contribution is 2.11. The van der Waals surface area contributed by atoms with Gasteiger partial charge in [0.1, 0.15) is 0 Å². The number of nitrogens with zero attached hydrogens (tertiary/aromatic N) is 1. The lowest BCUT2D eigenvalue weighted by atomic mass is 10.1. The van der Waals surface area contributed by atoms with E-state index < -0.39 is 12.0 Å². The minimum atomic E-state index is -0.919. The Morgan fingerprint density at radius 2 is 2.14 bits per heavy atom. The SMILES string of the molecule is Cc1cc(CNC(=O)Nc2cccc(CC(=O)O)c2)on1. The number of carboxylic acid groups (broad SMARTS) is 1. The lowest BCUT2D eigenvalue weighted by molar-refractivity contribution is -0.136. The van der Waals surface area contributed by atoms with Gasteiger partial charge in [0.05, 0.1) is 18.7 Å². The Labute approximate surface area is 120 Å². The Morgan fingerprint density at radius 1 is 1.33 bits per heavy atom.